The topological polar surface area (TPSA) is 72.5 Å². The summed E-state index contributed by atoms with van der Waals surface area (Å²) in [5.41, 5.74) is 1.57. The van der Waals surface area contributed by atoms with Crippen molar-refractivity contribution >= 4 is 32.5 Å². The van der Waals surface area contributed by atoms with E-state index in [0.29, 0.717) is 23.9 Å². The van der Waals surface area contributed by atoms with E-state index in [9.17, 15) is 13.2 Å². The summed E-state index contributed by atoms with van der Waals surface area (Å²) in [6.45, 7) is 0. The zero-order valence-corrected chi connectivity index (χ0v) is 14.0. The maximum absolute atomic E-state index is 12.7. The van der Waals surface area contributed by atoms with E-state index in [0.717, 1.165) is 10.9 Å². The largest absolute Gasteiger partial charge is 0.379 e. The van der Waals surface area contributed by atoms with Crippen LogP contribution in [0.15, 0.2) is 65.6 Å². The first-order valence-electron chi connectivity index (χ1n) is 7.88. The second-order valence-corrected chi connectivity index (χ2v) is 7.40. The maximum atomic E-state index is 12.7. The molecule has 1 N–H and O–H groups in total. The second-order valence-electron chi connectivity index (χ2n) is 5.88. The van der Waals surface area contributed by atoms with Gasteiger partial charge in [0.05, 0.1) is 0 Å². The second kappa shape index (κ2) is 5.89. The fourth-order valence-electron chi connectivity index (χ4n) is 3.00. The van der Waals surface area contributed by atoms with Crippen LogP contribution >= 0.6 is 0 Å². The van der Waals surface area contributed by atoms with E-state index in [1.54, 1.807) is 36.4 Å². The van der Waals surface area contributed by atoms with E-state index in [4.69, 9.17) is 4.18 Å². The maximum Gasteiger partial charge on any atom is 0.339 e. The van der Waals surface area contributed by atoms with Crippen molar-refractivity contribution in [3.05, 3.63) is 66.2 Å². The fraction of sp³-hybridized carbons (Fsp3) is 0.105. The summed E-state index contributed by atoms with van der Waals surface area (Å²) in [4.78, 5) is 11.5. The number of carbonyl (C=O) groups excluding carboxylic acids is 1. The third kappa shape index (κ3) is 2.96. The van der Waals surface area contributed by atoms with Crippen LogP contribution in [0.4, 0.5) is 5.69 Å². The highest BCUT2D eigenvalue weighted by Crippen LogP contribution is 2.30. The number of hydrogen-bond donors (Lipinski definition) is 1. The van der Waals surface area contributed by atoms with Gasteiger partial charge in [0.25, 0.3) is 0 Å². The molecule has 6 heteroatoms. The highest BCUT2D eigenvalue weighted by atomic mass is 32.2. The lowest BCUT2D eigenvalue weighted by atomic mass is 10.0. The molecule has 1 aliphatic heterocycles. The Bertz CT molecular complexity index is 1080. The summed E-state index contributed by atoms with van der Waals surface area (Å²) in [5, 5.41) is 4.22. The number of rotatable bonds is 3. The van der Waals surface area contributed by atoms with Crippen molar-refractivity contribution in [3.8, 4) is 5.75 Å². The molecule has 126 valence electrons. The Morgan fingerprint density at radius 1 is 0.920 bits per heavy atom. The van der Waals surface area contributed by atoms with Crippen LogP contribution in [0.25, 0.3) is 10.8 Å². The molecule has 0 aliphatic carbocycles. The van der Waals surface area contributed by atoms with Crippen molar-refractivity contribution in [2.24, 2.45) is 0 Å². The van der Waals surface area contributed by atoms with Crippen LogP contribution in [0.3, 0.4) is 0 Å². The first-order chi connectivity index (χ1) is 12.0. The molecule has 3 aromatic rings. The number of hydrogen-bond acceptors (Lipinski definition) is 4. The zero-order valence-electron chi connectivity index (χ0n) is 13.2. The molecule has 0 atom stereocenters. The van der Waals surface area contributed by atoms with Gasteiger partial charge in [-0.05, 0) is 41.6 Å². The lowest BCUT2D eigenvalue weighted by Crippen LogP contribution is -2.19. The molecular weight excluding hydrogens is 338 g/mol. The van der Waals surface area contributed by atoms with Gasteiger partial charge in [-0.3, -0.25) is 4.79 Å². The number of benzene rings is 3. The van der Waals surface area contributed by atoms with Crippen LogP contribution in [-0.2, 0) is 21.3 Å². The standard InChI is InChI=1S/C19H15NO4S/c21-19-11-8-14-12-15(9-10-17(14)20-19)24-25(22,23)18-7-3-5-13-4-1-2-6-16(13)18/h1-7,9-10,12H,8,11H2,(H,20,21). The minimum atomic E-state index is -3.96. The van der Waals surface area contributed by atoms with Crippen LogP contribution in [0.5, 0.6) is 5.75 Å². The Morgan fingerprint density at radius 3 is 2.60 bits per heavy atom. The van der Waals surface area contributed by atoms with Crippen LogP contribution < -0.4 is 9.50 Å². The van der Waals surface area contributed by atoms with Crippen molar-refractivity contribution in [2.75, 3.05) is 5.32 Å². The van der Waals surface area contributed by atoms with Crippen molar-refractivity contribution in [1.29, 1.82) is 0 Å². The molecule has 0 aromatic heterocycles. The first-order valence-corrected chi connectivity index (χ1v) is 9.29. The number of fused-ring (bicyclic) bond motifs is 2. The molecule has 1 heterocycles. The molecule has 3 aromatic carbocycles. The molecule has 1 amide bonds. The minimum Gasteiger partial charge on any atom is -0.379 e. The minimum absolute atomic E-state index is 0.0375. The molecule has 0 spiro atoms. The first kappa shape index (κ1) is 15.7. The SMILES string of the molecule is O=C1CCc2cc(OS(=O)(=O)c3cccc4ccccc34)ccc2N1. The van der Waals surface area contributed by atoms with Crippen LogP contribution in [0.1, 0.15) is 12.0 Å². The van der Waals surface area contributed by atoms with Gasteiger partial charge in [0.1, 0.15) is 10.6 Å². The lowest BCUT2D eigenvalue weighted by molar-refractivity contribution is -0.116. The molecule has 0 unspecified atom stereocenters. The highest BCUT2D eigenvalue weighted by Gasteiger charge is 2.21. The van der Waals surface area contributed by atoms with Gasteiger partial charge >= 0.3 is 10.1 Å². The van der Waals surface area contributed by atoms with E-state index in [1.165, 1.54) is 6.07 Å². The van der Waals surface area contributed by atoms with Gasteiger partial charge in [0.15, 0.2) is 0 Å². The fourth-order valence-corrected chi connectivity index (χ4v) is 4.14. The summed E-state index contributed by atoms with van der Waals surface area (Å²) in [7, 11) is -3.96. The summed E-state index contributed by atoms with van der Waals surface area (Å²) >= 11 is 0. The van der Waals surface area contributed by atoms with Gasteiger partial charge in [-0.25, -0.2) is 0 Å². The van der Waals surface area contributed by atoms with E-state index in [2.05, 4.69) is 5.32 Å². The third-order valence-corrected chi connectivity index (χ3v) is 5.50. The van der Waals surface area contributed by atoms with Crippen LogP contribution in [-0.4, -0.2) is 14.3 Å². The number of nitrogens with one attached hydrogen (secondary N) is 1. The van der Waals surface area contributed by atoms with E-state index >= 15 is 0 Å². The van der Waals surface area contributed by atoms with Gasteiger partial charge in [0, 0.05) is 17.5 Å². The summed E-state index contributed by atoms with van der Waals surface area (Å²) in [6.07, 6.45) is 0.944. The van der Waals surface area contributed by atoms with E-state index in [-0.39, 0.29) is 16.6 Å². The Morgan fingerprint density at radius 2 is 1.72 bits per heavy atom. The van der Waals surface area contributed by atoms with Crippen molar-refractivity contribution in [2.45, 2.75) is 17.7 Å². The Kier molecular flexibility index (Phi) is 3.69. The quantitative estimate of drug-likeness (QED) is 0.732. The molecule has 4 rings (SSSR count). The molecule has 0 bridgehead atoms. The van der Waals surface area contributed by atoms with Crippen molar-refractivity contribution in [1.82, 2.24) is 0 Å². The predicted molar refractivity (Wildman–Crippen MR) is 95.2 cm³/mol. The predicted octanol–water partition coefficient (Wildman–Crippen LogP) is 3.49. The molecule has 0 saturated heterocycles. The Balaban J connectivity index is 1.71. The van der Waals surface area contributed by atoms with Crippen molar-refractivity contribution < 1.29 is 17.4 Å². The van der Waals surface area contributed by atoms with E-state index < -0.39 is 10.1 Å². The monoisotopic (exact) mass is 353 g/mol. The Labute approximate surface area is 145 Å². The molecule has 1 aliphatic rings. The van der Waals surface area contributed by atoms with Crippen LogP contribution in [0.2, 0.25) is 0 Å². The summed E-state index contributed by atoms with van der Waals surface area (Å²) < 4.78 is 30.8. The number of amides is 1. The molecule has 5 nitrogen and oxygen atoms in total. The summed E-state index contributed by atoms with van der Waals surface area (Å²) in [6, 6.07) is 17.2. The number of aryl methyl sites for hydroxylation is 1. The molecule has 0 saturated carbocycles. The average molecular weight is 353 g/mol. The summed E-state index contributed by atoms with van der Waals surface area (Å²) in [5.74, 6) is 0.201. The average Bonchev–Trinajstić information content (AvgIpc) is 2.61. The van der Waals surface area contributed by atoms with Gasteiger partial charge in [-0.1, -0.05) is 36.4 Å². The third-order valence-electron chi connectivity index (χ3n) is 4.20. The normalized spacial score (nSPS) is 14.0. The van der Waals surface area contributed by atoms with Gasteiger partial charge < -0.3 is 9.50 Å². The molecular formula is C19H15NO4S. The van der Waals surface area contributed by atoms with E-state index in [1.807, 2.05) is 18.2 Å². The molecule has 25 heavy (non-hydrogen) atoms. The highest BCUT2D eigenvalue weighted by molar-refractivity contribution is 7.87. The number of anilines is 1. The molecule has 0 fully saturated rings. The van der Waals surface area contributed by atoms with Gasteiger partial charge in [-0.2, -0.15) is 8.42 Å². The Hall–Kier alpha value is -2.86. The number of carbonyl (C=O) groups is 1. The van der Waals surface area contributed by atoms with Gasteiger partial charge in [-0.15, -0.1) is 0 Å². The lowest BCUT2D eigenvalue weighted by Gasteiger charge is -2.17. The molecule has 0 radical (unpaired) electrons. The van der Waals surface area contributed by atoms with Gasteiger partial charge in [0.2, 0.25) is 5.91 Å². The van der Waals surface area contributed by atoms with Crippen LogP contribution in [0, 0.1) is 0 Å². The smallest absolute Gasteiger partial charge is 0.339 e. The zero-order chi connectivity index (χ0) is 17.4. The van der Waals surface area contributed by atoms with Crippen molar-refractivity contribution in [3.63, 3.8) is 0 Å².